The molecule has 1 aromatic rings. The molecule has 1 amide bonds. The molecule has 1 saturated heterocycles. The van der Waals surface area contributed by atoms with Crippen LogP contribution in [0.15, 0.2) is 30.3 Å². The van der Waals surface area contributed by atoms with Gasteiger partial charge in [-0.15, -0.1) is 0 Å². The summed E-state index contributed by atoms with van der Waals surface area (Å²) >= 11 is 0. The Morgan fingerprint density at radius 1 is 1.19 bits per heavy atom. The van der Waals surface area contributed by atoms with E-state index in [1.165, 1.54) is 0 Å². The van der Waals surface area contributed by atoms with Gasteiger partial charge in [-0.3, -0.25) is 4.79 Å². The Bertz CT molecular complexity index is 411. The van der Waals surface area contributed by atoms with Gasteiger partial charge in [0.25, 0.3) is 5.91 Å². The van der Waals surface area contributed by atoms with Crippen molar-refractivity contribution >= 4 is 5.91 Å². The van der Waals surface area contributed by atoms with E-state index in [2.05, 4.69) is 17.2 Å². The van der Waals surface area contributed by atoms with Crippen LogP contribution in [0.3, 0.4) is 0 Å². The lowest BCUT2D eigenvalue weighted by Crippen LogP contribution is -2.46. The maximum atomic E-state index is 11.7. The number of rotatable bonds is 0. The Labute approximate surface area is 95.5 Å². The van der Waals surface area contributed by atoms with Crippen molar-refractivity contribution in [2.75, 3.05) is 26.2 Å². The summed E-state index contributed by atoms with van der Waals surface area (Å²) in [4.78, 5) is 13.5. The second-order valence-corrected chi connectivity index (χ2v) is 3.66. The minimum Gasteiger partial charge on any atom is -0.329 e. The third-order valence-electron chi connectivity index (χ3n) is 2.49. The molecule has 1 aromatic carbocycles. The van der Waals surface area contributed by atoms with Crippen LogP contribution < -0.4 is 5.32 Å². The lowest BCUT2D eigenvalue weighted by atomic mass is 10.2. The number of benzene rings is 1. The van der Waals surface area contributed by atoms with Gasteiger partial charge in [-0.25, -0.2) is 0 Å². The zero-order valence-corrected chi connectivity index (χ0v) is 9.07. The fourth-order valence-electron chi connectivity index (χ4n) is 1.59. The van der Waals surface area contributed by atoms with E-state index in [0.29, 0.717) is 0 Å². The smallest absolute Gasteiger partial charge is 0.298 e. The highest BCUT2D eigenvalue weighted by Gasteiger charge is 2.13. The molecule has 3 heteroatoms. The molecule has 1 aliphatic heterocycles. The molecule has 0 unspecified atom stereocenters. The van der Waals surface area contributed by atoms with Crippen LogP contribution in [0.1, 0.15) is 5.56 Å². The minimum atomic E-state index is -0.0784. The van der Waals surface area contributed by atoms with Gasteiger partial charge in [-0.2, -0.15) is 0 Å². The Balaban J connectivity index is 1.99. The molecule has 2 rings (SSSR count). The number of piperazine rings is 1. The Kier molecular flexibility index (Phi) is 3.58. The van der Waals surface area contributed by atoms with E-state index in [-0.39, 0.29) is 5.91 Å². The first kappa shape index (κ1) is 10.7. The molecule has 3 nitrogen and oxygen atoms in total. The van der Waals surface area contributed by atoms with E-state index >= 15 is 0 Å². The van der Waals surface area contributed by atoms with Gasteiger partial charge in [0.15, 0.2) is 0 Å². The normalized spacial score (nSPS) is 15.1. The lowest BCUT2D eigenvalue weighted by Gasteiger charge is -2.25. The molecule has 0 spiro atoms. The standard InChI is InChI=1S/C13H14N2O/c16-13(15-10-8-14-9-11-15)7-6-12-4-2-1-3-5-12/h1-5,14H,8-11H2. The summed E-state index contributed by atoms with van der Waals surface area (Å²) in [6.45, 7) is 3.22. The summed E-state index contributed by atoms with van der Waals surface area (Å²) in [5, 5.41) is 3.20. The molecule has 1 heterocycles. The Morgan fingerprint density at radius 3 is 2.56 bits per heavy atom. The van der Waals surface area contributed by atoms with Gasteiger partial charge in [0.05, 0.1) is 0 Å². The van der Waals surface area contributed by atoms with Crippen LogP contribution in [0.2, 0.25) is 0 Å². The molecule has 1 fully saturated rings. The van der Waals surface area contributed by atoms with Crippen molar-refractivity contribution in [3.63, 3.8) is 0 Å². The van der Waals surface area contributed by atoms with Crippen LogP contribution in [-0.2, 0) is 4.79 Å². The number of nitrogens with zero attached hydrogens (tertiary/aromatic N) is 1. The van der Waals surface area contributed by atoms with Gasteiger partial charge in [-0.05, 0) is 12.1 Å². The van der Waals surface area contributed by atoms with Gasteiger partial charge >= 0.3 is 0 Å². The summed E-state index contributed by atoms with van der Waals surface area (Å²) in [6, 6.07) is 9.57. The van der Waals surface area contributed by atoms with E-state index in [4.69, 9.17) is 0 Å². The molecule has 0 saturated carbocycles. The quantitative estimate of drug-likeness (QED) is 0.637. The number of hydrogen-bond donors (Lipinski definition) is 1. The van der Waals surface area contributed by atoms with Crippen molar-refractivity contribution in [3.05, 3.63) is 35.9 Å². The SMILES string of the molecule is O=C(C#Cc1ccccc1)N1CCNCC1. The molecule has 1 N–H and O–H groups in total. The zero-order chi connectivity index (χ0) is 11.2. The van der Waals surface area contributed by atoms with Crippen molar-refractivity contribution in [3.8, 4) is 11.8 Å². The third kappa shape index (κ3) is 2.85. The summed E-state index contributed by atoms with van der Waals surface area (Å²) in [7, 11) is 0. The Morgan fingerprint density at radius 2 is 1.88 bits per heavy atom. The molecule has 0 aliphatic carbocycles. The lowest BCUT2D eigenvalue weighted by molar-refractivity contribution is -0.125. The summed E-state index contributed by atoms with van der Waals surface area (Å²) in [6.07, 6.45) is 0. The number of amides is 1. The van der Waals surface area contributed by atoms with Gasteiger partial charge in [-0.1, -0.05) is 24.1 Å². The second kappa shape index (κ2) is 5.34. The summed E-state index contributed by atoms with van der Waals surface area (Å²) in [5.74, 6) is 5.48. The van der Waals surface area contributed by atoms with Crippen molar-refractivity contribution in [2.24, 2.45) is 0 Å². The fraction of sp³-hybridized carbons (Fsp3) is 0.308. The minimum absolute atomic E-state index is 0.0784. The fourth-order valence-corrected chi connectivity index (χ4v) is 1.59. The highest BCUT2D eigenvalue weighted by Crippen LogP contribution is 1.96. The largest absolute Gasteiger partial charge is 0.329 e. The van der Waals surface area contributed by atoms with Gasteiger partial charge < -0.3 is 10.2 Å². The number of carbonyl (C=O) groups is 1. The summed E-state index contributed by atoms with van der Waals surface area (Å²) in [5.41, 5.74) is 0.881. The van der Waals surface area contributed by atoms with Crippen molar-refractivity contribution in [2.45, 2.75) is 0 Å². The van der Waals surface area contributed by atoms with E-state index in [1.807, 2.05) is 30.3 Å². The first-order valence-electron chi connectivity index (χ1n) is 5.43. The molecular formula is C13H14N2O. The van der Waals surface area contributed by atoms with E-state index in [0.717, 1.165) is 31.7 Å². The van der Waals surface area contributed by atoms with Crippen molar-refractivity contribution in [1.82, 2.24) is 10.2 Å². The average Bonchev–Trinajstić information content (AvgIpc) is 2.38. The predicted molar refractivity (Wildman–Crippen MR) is 62.8 cm³/mol. The third-order valence-corrected chi connectivity index (χ3v) is 2.49. The molecule has 0 aromatic heterocycles. The van der Waals surface area contributed by atoms with Crippen molar-refractivity contribution < 1.29 is 4.79 Å². The number of hydrogen-bond acceptors (Lipinski definition) is 2. The van der Waals surface area contributed by atoms with E-state index in [9.17, 15) is 4.79 Å². The number of carbonyl (C=O) groups excluding carboxylic acids is 1. The maximum Gasteiger partial charge on any atom is 0.298 e. The van der Waals surface area contributed by atoms with E-state index < -0.39 is 0 Å². The maximum absolute atomic E-state index is 11.7. The highest BCUT2D eigenvalue weighted by atomic mass is 16.2. The topological polar surface area (TPSA) is 32.3 Å². The highest BCUT2D eigenvalue weighted by molar-refractivity contribution is 5.94. The monoisotopic (exact) mass is 214 g/mol. The van der Waals surface area contributed by atoms with Gasteiger partial charge in [0, 0.05) is 37.7 Å². The van der Waals surface area contributed by atoms with Crippen LogP contribution >= 0.6 is 0 Å². The molecule has 1 aliphatic rings. The molecular weight excluding hydrogens is 200 g/mol. The van der Waals surface area contributed by atoms with Crippen LogP contribution in [0.5, 0.6) is 0 Å². The van der Waals surface area contributed by atoms with Gasteiger partial charge in [0.2, 0.25) is 0 Å². The molecule has 82 valence electrons. The van der Waals surface area contributed by atoms with Crippen LogP contribution in [-0.4, -0.2) is 37.0 Å². The van der Waals surface area contributed by atoms with Gasteiger partial charge in [0.1, 0.15) is 0 Å². The van der Waals surface area contributed by atoms with Crippen LogP contribution in [0, 0.1) is 11.8 Å². The van der Waals surface area contributed by atoms with Crippen LogP contribution in [0.25, 0.3) is 0 Å². The van der Waals surface area contributed by atoms with E-state index in [1.54, 1.807) is 4.90 Å². The molecule has 0 radical (unpaired) electrons. The first-order chi connectivity index (χ1) is 7.86. The number of nitrogens with one attached hydrogen (secondary N) is 1. The summed E-state index contributed by atoms with van der Waals surface area (Å²) < 4.78 is 0. The first-order valence-corrected chi connectivity index (χ1v) is 5.43. The molecule has 0 atom stereocenters. The second-order valence-electron chi connectivity index (χ2n) is 3.66. The Hall–Kier alpha value is -1.79. The predicted octanol–water partition coefficient (Wildman–Crippen LogP) is 0.470. The molecule has 0 bridgehead atoms. The zero-order valence-electron chi connectivity index (χ0n) is 9.07. The molecule has 16 heavy (non-hydrogen) atoms. The van der Waals surface area contributed by atoms with Crippen molar-refractivity contribution in [1.29, 1.82) is 0 Å². The average molecular weight is 214 g/mol. The van der Waals surface area contributed by atoms with Crippen LogP contribution in [0.4, 0.5) is 0 Å².